The van der Waals surface area contributed by atoms with Gasteiger partial charge in [0.05, 0.1) is 11.3 Å². The number of alkyl halides is 1. The molecule has 3 nitrogen and oxygen atoms in total. The zero-order valence-corrected chi connectivity index (χ0v) is 17.9. The van der Waals surface area contributed by atoms with Crippen LogP contribution in [0.15, 0.2) is 77.0 Å². The summed E-state index contributed by atoms with van der Waals surface area (Å²) >= 11 is 6.09. The smallest absolute Gasteiger partial charge is 0.256 e. The second kappa shape index (κ2) is 9.70. The first-order valence-corrected chi connectivity index (χ1v) is 9.98. The molecule has 2 rings (SSSR count). The lowest BCUT2D eigenvalue weighted by Crippen LogP contribution is -2.17. The second-order valence-corrected chi connectivity index (χ2v) is 8.61. The summed E-state index contributed by atoms with van der Waals surface area (Å²) in [5, 5.41) is 2.62. The Morgan fingerprint density at radius 3 is 2.46 bits per heavy atom. The van der Waals surface area contributed by atoms with Gasteiger partial charge in [-0.1, -0.05) is 63.8 Å². The van der Waals surface area contributed by atoms with Gasteiger partial charge in [0.2, 0.25) is 0 Å². The minimum atomic E-state index is -0.294. The van der Waals surface area contributed by atoms with E-state index in [1.165, 1.54) is 11.8 Å². The van der Waals surface area contributed by atoms with Crippen molar-refractivity contribution < 1.29 is 4.79 Å². The molecule has 0 aromatic heterocycles. The van der Waals surface area contributed by atoms with Crippen molar-refractivity contribution in [2.24, 2.45) is 4.99 Å². The number of amides is 1. The Hall–Kier alpha value is -2.39. The summed E-state index contributed by atoms with van der Waals surface area (Å²) < 4.78 is 0. The molecule has 0 fully saturated rings. The summed E-state index contributed by atoms with van der Waals surface area (Å²) in [5.41, 5.74) is 4.03. The molecule has 0 aliphatic heterocycles. The number of carbonyl (C=O) groups excluding carboxylic acids is 1. The lowest BCUT2D eigenvalue weighted by Gasteiger charge is -2.19. The van der Waals surface area contributed by atoms with E-state index in [0.717, 1.165) is 24.1 Å². The van der Waals surface area contributed by atoms with E-state index in [1.807, 2.05) is 37.3 Å². The number of rotatable bonds is 6. The van der Waals surface area contributed by atoms with Gasteiger partial charge in [-0.05, 0) is 48.4 Å². The number of aliphatic imine (C=N–C) groups is 1. The molecule has 0 spiro atoms. The Labute approximate surface area is 173 Å². The molecule has 28 heavy (non-hydrogen) atoms. The highest BCUT2D eigenvalue weighted by molar-refractivity contribution is 6.24. The van der Waals surface area contributed by atoms with Crippen LogP contribution in [0.2, 0.25) is 0 Å². The normalized spacial score (nSPS) is 16.0. The quantitative estimate of drug-likeness (QED) is 0.340. The van der Waals surface area contributed by atoms with Gasteiger partial charge in [0.15, 0.2) is 0 Å². The van der Waals surface area contributed by atoms with Crippen LogP contribution in [0.25, 0.3) is 0 Å². The summed E-state index contributed by atoms with van der Waals surface area (Å²) in [4.78, 5) is 17.1. The highest BCUT2D eigenvalue weighted by Gasteiger charge is 2.14. The summed E-state index contributed by atoms with van der Waals surface area (Å²) in [6, 6.07) is 7.88. The van der Waals surface area contributed by atoms with Crippen LogP contribution in [-0.4, -0.2) is 17.5 Å². The van der Waals surface area contributed by atoms with E-state index in [9.17, 15) is 4.79 Å². The van der Waals surface area contributed by atoms with Crippen molar-refractivity contribution in [2.45, 2.75) is 51.3 Å². The molecular formula is C24H29ClN2O. The number of benzene rings is 1. The SMILES string of the molecule is C=C(N=C/C(=C\C(C)Cl)C(=O)Nc1ccc(C(C)(C)C)cc1)C1=CCCC=C1. The Bertz CT molecular complexity index is 834. The van der Waals surface area contributed by atoms with E-state index in [-0.39, 0.29) is 16.7 Å². The average Bonchev–Trinajstić information content (AvgIpc) is 2.65. The molecule has 1 atom stereocenters. The highest BCUT2D eigenvalue weighted by Crippen LogP contribution is 2.24. The molecule has 1 aliphatic carbocycles. The van der Waals surface area contributed by atoms with Gasteiger partial charge in [-0.3, -0.25) is 9.79 Å². The highest BCUT2D eigenvalue weighted by atomic mass is 35.5. The number of allylic oxidation sites excluding steroid dienone is 4. The molecule has 1 amide bonds. The van der Waals surface area contributed by atoms with Crippen LogP contribution in [0, 0.1) is 0 Å². The van der Waals surface area contributed by atoms with Crippen molar-refractivity contribution in [3.63, 3.8) is 0 Å². The van der Waals surface area contributed by atoms with Gasteiger partial charge in [-0.25, -0.2) is 0 Å². The third-order valence-corrected chi connectivity index (χ3v) is 4.49. The first-order valence-electron chi connectivity index (χ1n) is 9.54. The first-order chi connectivity index (χ1) is 13.2. The second-order valence-electron chi connectivity index (χ2n) is 7.93. The van der Waals surface area contributed by atoms with E-state index in [0.29, 0.717) is 11.3 Å². The van der Waals surface area contributed by atoms with Gasteiger partial charge in [-0.15, -0.1) is 11.6 Å². The predicted octanol–water partition coefficient (Wildman–Crippen LogP) is 6.34. The van der Waals surface area contributed by atoms with E-state index in [4.69, 9.17) is 11.6 Å². The summed E-state index contributed by atoms with van der Waals surface area (Å²) in [5.74, 6) is -0.249. The lowest BCUT2D eigenvalue weighted by molar-refractivity contribution is -0.112. The van der Waals surface area contributed by atoms with Gasteiger partial charge in [0, 0.05) is 17.3 Å². The van der Waals surface area contributed by atoms with Crippen molar-refractivity contribution >= 4 is 29.4 Å². The Kier molecular flexibility index (Phi) is 7.59. The number of hydrogen-bond acceptors (Lipinski definition) is 2. The minimum Gasteiger partial charge on any atom is -0.322 e. The fourth-order valence-corrected chi connectivity index (χ4v) is 2.87. The fourth-order valence-electron chi connectivity index (χ4n) is 2.73. The van der Waals surface area contributed by atoms with Gasteiger partial charge in [0.25, 0.3) is 5.91 Å². The Morgan fingerprint density at radius 2 is 1.93 bits per heavy atom. The maximum Gasteiger partial charge on any atom is 0.256 e. The molecule has 4 heteroatoms. The zero-order chi connectivity index (χ0) is 20.7. The first kappa shape index (κ1) is 21.9. The molecule has 0 radical (unpaired) electrons. The van der Waals surface area contributed by atoms with Crippen LogP contribution < -0.4 is 5.32 Å². The number of halogens is 1. The fraction of sp³-hybridized carbons (Fsp3) is 0.333. The summed E-state index contributed by atoms with van der Waals surface area (Å²) in [6.07, 6.45) is 11.4. The van der Waals surface area contributed by atoms with Crippen LogP contribution >= 0.6 is 11.6 Å². The third-order valence-electron chi connectivity index (χ3n) is 4.37. The van der Waals surface area contributed by atoms with Crippen molar-refractivity contribution in [3.05, 3.63) is 77.6 Å². The lowest BCUT2D eigenvalue weighted by atomic mass is 9.87. The minimum absolute atomic E-state index is 0.0664. The van der Waals surface area contributed by atoms with Gasteiger partial charge < -0.3 is 5.32 Å². The molecule has 1 unspecified atom stereocenters. The maximum atomic E-state index is 12.7. The number of carbonyl (C=O) groups is 1. The molecule has 0 saturated carbocycles. The van der Waals surface area contributed by atoms with Crippen LogP contribution in [-0.2, 0) is 10.2 Å². The number of nitrogens with zero attached hydrogens (tertiary/aromatic N) is 1. The van der Waals surface area contributed by atoms with Crippen molar-refractivity contribution in [1.82, 2.24) is 0 Å². The number of nitrogens with one attached hydrogen (secondary N) is 1. The largest absolute Gasteiger partial charge is 0.322 e. The maximum absolute atomic E-state index is 12.7. The van der Waals surface area contributed by atoms with Crippen LogP contribution in [0.1, 0.15) is 46.1 Å². The van der Waals surface area contributed by atoms with E-state index >= 15 is 0 Å². The molecular weight excluding hydrogens is 368 g/mol. The van der Waals surface area contributed by atoms with Gasteiger partial charge in [0.1, 0.15) is 0 Å². The summed E-state index contributed by atoms with van der Waals surface area (Å²) in [7, 11) is 0. The molecule has 1 aromatic carbocycles. The molecule has 0 saturated heterocycles. The Balaban J connectivity index is 2.13. The number of anilines is 1. The standard InChI is InChI=1S/C24H29ClN2O/c1-17(25)15-20(16-26-18(2)19-9-7-6-8-10-19)23(28)27-22-13-11-21(12-14-22)24(3,4)5/h7,9-17H,2,6,8H2,1,3-5H3,(H,27,28)/b20-15+,26-16?. The van der Waals surface area contributed by atoms with Gasteiger partial charge in [-0.2, -0.15) is 0 Å². The van der Waals surface area contributed by atoms with Crippen LogP contribution in [0.4, 0.5) is 5.69 Å². The average molecular weight is 397 g/mol. The zero-order valence-electron chi connectivity index (χ0n) is 17.1. The van der Waals surface area contributed by atoms with Crippen molar-refractivity contribution in [3.8, 4) is 0 Å². The van der Waals surface area contributed by atoms with Crippen LogP contribution in [0.5, 0.6) is 0 Å². The van der Waals surface area contributed by atoms with Gasteiger partial charge >= 0.3 is 0 Å². The monoisotopic (exact) mass is 396 g/mol. The Morgan fingerprint density at radius 1 is 1.25 bits per heavy atom. The molecule has 148 valence electrons. The van der Waals surface area contributed by atoms with Crippen LogP contribution in [0.3, 0.4) is 0 Å². The van der Waals surface area contributed by atoms with Crippen molar-refractivity contribution in [1.29, 1.82) is 0 Å². The van der Waals surface area contributed by atoms with E-state index in [2.05, 4.69) is 49.8 Å². The van der Waals surface area contributed by atoms with E-state index in [1.54, 1.807) is 6.08 Å². The van der Waals surface area contributed by atoms with Crippen molar-refractivity contribution in [2.75, 3.05) is 5.32 Å². The third kappa shape index (κ3) is 6.65. The molecule has 0 bridgehead atoms. The topological polar surface area (TPSA) is 41.5 Å². The number of hydrogen-bond donors (Lipinski definition) is 1. The summed E-state index contributed by atoms with van der Waals surface area (Å²) in [6.45, 7) is 12.3. The molecule has 1 aliphatic rings. The van der Waals surface area contributed by atoms with E-state index < -0.39 is 0 Å². The molecule has 0 heterocycles. The molecule has 1 N–H and O–H groups in total. The predicted molar refractivity (Wildman–Crippen MR) is 121 cm³/mol. The molecule has 1 aromatic rings.